The summed E-state index contributed by atoms with van der Waals surface area (Å²) in [7, 11) is -10.6. The van der Waals surface area contributed by atoms with Gasteiger partial charge in [-0.1, -0.05) is 15.9 Å². The highest BCUT2D eigenvalue weighted by Crippen LogP contribution is 2.26. The molecular formula is C14H19BrN2O6S3. The maximum absolute atomic E-state index is 13.1. The molecule has 146 valence electrons. The molecule has 2 heterocycles. The minimum atomic E-state index is -4.03. The molecule has 2 saturated heterocycles. The second-order valence-electron chi connectivity index (χ2n) is 6.54. The van der Waals surface area contributed by atoms with Gasteiger partial charge in [0.15, 0.2) is 19.7 Å². The van der Waals surface area contributed by atoms with Gasteiger partial charge in [-0.2, -0.15) is 0 Å². The third-order valence-corrected chi connectivity index (χ3v) is 10.3. The predicted octanol–water partition coefficient (Wildman–Crippen LogP) is 0.319. The minimum absolute atomic E-state index is 0.0124. The summed E-state index contributed by atoms with van der Waals surface area (Å²) in [6.07, 6.45) is 0.457. The standard InChI is InChI=1S/C14H19BrN2O6S3/c15-11-1-3-14(4-2-11)26(22,23)17(13-6-8-25(20,21)10-13)16-12-5-7-24(18,19)9-12/h1-4,12-13,16H,5-10H2/t12-,13+/m1/s1. The molecule has 0 bridgehead atoms. The maximum Gasteiger partial charge on any atom is 0.256 e. The summed E-state index contributed by atoms with van der Waals surface area (Å²) in [6, 6.07) is 4.67. The van der Waals surface area contributed by atoms with Gasteiger partial charge >= 0.3 is 0 Å². The molecule has 1 aromatic rings. The molecule has 0 spiro atoms. The van der Waals surface area contributed by atoms with Crippen molar-refractivity contribution >= 4 is 45.6 Å². The molecule has 0 aliphatic carbocycles. The summed E-state index contributed by atoms with van der Waals surface area (Å²) >= 11 is 3.24. The van der Waals surface area contributed by atoms with Gasteiger partial charge in [-0.3, -0.25) is 0 Å². The molecule has 0 aromatic heterocycles. The van der Waals surface area contributed by atoms with Crippen molar-refractivity contribution in [2.75, 3.05) is 23.0 Å². The zero-order valence-electron chi connectivity index (χ0n) is 13.7. The Bertz CT molecular complexity index is 990. The molecule has 2 fully saturated rings. The molecule has 0 saturated carbocycles. The number of halogens is 1. The van der Waals surface area contributed by atoms with Crippen LogP contribution in [0.1, 0.15) is 12.8 Å². The molecule has 1 N–H and O–H groups in total. The lowest BCUT2D eigenvalue weighted by atomic mass is 10.2. The van der Waals surface area contributed by atoms with Gasteiger partial charge in [0.05, 0.1) is 33.9 Å². The van der Waals surface area contributed by atoms with E-state index in [1.54, 1.807) is 12.1 Å². The van der Waals surface area contributed by atoms with Gasteiger partial charge in [-0.25, -0.2) is 30.7 Å². The van der Waals surface area contributed by atoms with Gasteiger partial charge in [0.1, 0.15) is 0 Å². The van der Waals surface area contributed by atoms with E-state index >= 15 is 0 Å². The molecule has 8 nitrogen and oxygen atoms in total. The summed E-state index contributed by atoms with van der Waals surface area (Å²) < 4.78 is 74.9. The largest absolute Gasteiger partial charge is 0.256 e. The lowest BCUT2D eigenvalue weighted by Crippen LogP contribution is -2.54. The fourth-order valence-corrected chi connectivity index (χ4v) is 8.42. The Labute approximate surface area is 161 Å². The van der Waals surface area contributed by atoms with E-state index in [-0.39, 0.29) is 40.7 Å². The number of nitrogens with zero attached hydrogens (tertiary/aromatic N) is 1. The van der Waals surface area contributed by atoms with Crippen LogP contribution in [-0.2, 0) is 29.7 Å². The number of hydrazine groups is 1. The van der Waals surface area contributed by atoms with Crippen LogP contribution >= 0.6 is 15.9 Å². The first kappa shape index (κ1) is 20.2. The second kappa shape index (κ2) is 7.13. The fourth-order valence-electron chi connectivity index (χ4n) is 3.13. The average Bonchev–Trinajstić information content (AvgIpc) is 3.06. The van der Waals surface area contributed by atoms with Crippen LogP contribution in [0.15, 0.2) is 33.6 Å². The SMILES string of the molecule is O=S1(=O)CC[C@@H](NN([C@H]2CCS(=O)(=O)C2)S(=O)(=O)c2ccc(Br)cc2)C1. The van der Waals surface area contributed by atoms with E-state index in [0.717, 1.165) is 4.41 Å². The highest BCUT2D eigenvalue weighted by molar-refractivity contribution is 9.10. The highest BCUT2D eigenvalue weighted by atomic mass is 79.9. The molecule has 1 aromatic carbocycles. The Morgan fingerprint density at radius 3 is 2.04 bits per heavy atom. The van der Waals surface area contributed by atoms with Crippen molar-refractivity contribution < 1.29 is 25.3 Å². The van der Waals surface area contributed by atoms with Gasteiger partial charge in [0.25, 0.3) is 10.0 Å². The van der Waals surface area contributed by atoms with E-state index < -0.39 is 41.8 Å². The Morgan fingerprint density at radius 1 is 0.962 bits per heavy atom. The second-order valence-corrected chi connectivity index (χ2v) is 13.7. The van der Waals surface area contributed by atoms with Gasteiger partial charge in [-0.05, 0) is 37.1 Å². The molecule has 0 amide bonds. The Balaban J connectivity index is 1.93. The van der Waals surface area contributed by atoms with Crippen LogP contribution in [0, 0.1) is 0 Å². The molecule has 12 heteroatoms. The smallest absolute Gasteiger partial charge is 0.237 e. The zero-order valence-corrected chi connectivity index (χ0v) is 17.7. The molecule has 0 unspecified atom stereocenters. The molecule has 2 aliphatic heterocycles. The summed E-state index contributed by atoms with van der Waals surface area (Å²) in [6.45, 7) is 0. The number of sulfone groups is 2. The number of rotatable bonds is 5. The number of benzene rings is 1. The van der Waals surface area contributed by atoms with E-state index in [1.165, 1.54) is 12.1 Å². The van der Waals surface area contributed by atoms with E-state index in [1.807, 2.05) is 0 Å². The van der Waals surface area contributed by atoms with E-state index in [0.29, 0.717) is 4.47 Å². The van der Waals surface area contributed by atoms with Crippen molar-refractivity contribution in [2.45, 2.75) is 29.8 Å². The number of hydrogen-bond acceptors (Lipinski definition) is 7. The topological polar surface area (TPSA) is 118 Å². The molecule has 2 aliphatic rings. The fraction of sp³-hybridized carbons (Fsp3) is 0.571. The number of hydrogen-bond donors (Lipinski definition) is 1. The van der Waals surface area contributed by atoms with Crippen LogP contribution in [0.4, 0.5) is 0 Å². The van der Waals surface area contributed by atoms with Crippen molar-refractivity contribution in [3.05, 3.63) is 28.7 Å². The summed E-state index contributed by atoms with van der Waals surface area (Å²) in [4.78, 5) is 0.0124. The van der Waals surface area contributed by atoms with Gasteiger partial charge in [-0.15, -0.1) is 4.41 Å². The summed E-state index contributed by atoms with van der Waals surface area (Å²) in [5.74, 6) is -0.553. The maximum atomic E-state index is 13.1. The molecule has 26 heavy (non-hydrogen) atoms. The summed E-state index contributed by atoms with van der Waals surface area (Å²) in [5, 5.41) is 0. The normalized spacial score (nSPS) is 27.8. The van der Waals surface area contributed by atoms with E-state index in [4.69, 9.17) is 0 Å². The predicted molar refractivity (Wildman–Crippen MR) is 100 cm³/mol. The highest BCUT2D eigenvalue weighted by Gasteiger charge is 2.41. The van der Waals surface area contributed by atoms with Crippen LogP contribution in [0.25, 0.3) is 0 Å². The van der Waals surface area contributed by atoms with E-state index in [9.17, 15) is 25.3 Å². The lowest BCUT2D eigenvalue weighted by Gasteiger charge is -2.30. The lowest BCUT2D eigenvalue weighted by molar-refractivity contribution is 0.229. The third-order valence-electron chi connectivity index (χ3n) is 4.45. The van der Waals surface area contributed by atoms with Crippen molar-refractivity contribution in [3.63, 3.8) is 0 Å². The van der Waals surface area contributed by atoms with Crippen LogP contribution in [-0.4, -0.2) is 64.8 Å². The molecule has 2 atom stereocenters. The number of nitrogens with one attached hydrogen (secondary N) is 1. The molecule has 3 rings (SSSR count). The zero-order chi connectivity index (χ0) is 19.2. The minimum Gasteiger partial charge on any atom is -0.237 e. The first-order chi connectivity index (χ1) is 12.0. The Morgan fingerprint density at radius 2 is 1.54 bits per heavy atom. The Kier molecular flexibility index (Phi) is 5.54. The van der Waals surface area contributed by atoms with Crippen LogP contribution in [0.2, 0.25) is 0 Å². The van der Waals surface area contributed by atoms with Crippen LogP contribution in [0.3, 0.4) is 0 Å². The Hall–Kier alpha value is -0.530. The van der Waals surface area contributed by atoms with Crippen molar-refractivity contribution in [2.24, 2.45) is 0 Å². The molecule has 0 radical (unpaired) electrons. The number of sulfonamides is 1. The van der Waals surface area contributed by atoms with Crippen molar-refractivity contribution in [1.82, 2.24) is 9.84 Å². The summed E-state index contributed by atoms with van der Waals surface area (Å²) in [5.41, 5.74) is 2.79. The average molecular weight is 487 g/mol. The van der Waals surface area contributed by atoms with Crippen molar-refractivity contribution in [1.29, 1.82) is 0 Å². The van der Waals surface area contributed by atoms with Crippen molar-refractivity contribution in [3.8, 4) is 0 Å². The van der Waals surface area contributed by atoms with E-state index in [2.05, 4.69) is 21.4 Å². The first-order valence-electron chi connectivity index (χ1n) is 7.96. The van der Waals surface area contributed by atoms with Crippen LogP contribution in [0.5, 0.6) is 0 Å². The molecular weight excluding hydrogens is 468 g/mol. The van der Waals surface area contributed by atoms with Gasteiger partial charge < -0.3 is 0 Å². The third kappa shape index (κ3) is 4.47. The van der Waals surface area contributed by atoms with Gasteiger partial charge in [0, 0.05) is 10.5 Å². The monoisotopic (exact) mass is 486 g/mol. The van der Waals surface area contributed by atoms with Gasteiger partial charge in [0.2, 0.25) is 0 Å². The quantitative estimate of drug-likeness (QED) is 0.595. The first-order valence-corrected chi connectivity index (χ1v) is 13.8. The van der Waals surface area contributed by atoms with Crippen LogP contribution < -0.4 is 5.43 Å².